The molecule has 0 aromatic heterocycles. The number of nitrogens with zero attached hydrogens (tertiary/aromatic N) is 1. The summed E-state index contributed by atoms with van der Waals surface area (Å²) >= 11 is 1.40. The van der Waals surface area contributed by atoms with E-state index in [0.717, 1.165) is 5.04 Å². The molecule has 30 heavy (non-hydrogen) atoms. The maximum absolute atomic E-state index is 12.8. The van der Waals surface area contributed by atoms with E-state index in [4.69, 9.17) is 14.2 Å². The van der Waals surface area contributed by atoms with Crippen molar-refractivity contribution in [2.24, 2.45) is 4.99 Å². The summed E-state index contributed by atoms with van der Waals surface area (Å²) in [5.74, 6) is -1.14. The Kier molecular flexibility index (Phi) is 6.17. The normalized spacial score (nSPS) is 27.7. The van der Waals surface area contributed by atoms with Crippen LogP contribution < -0.4 is 0 Å². The van der Waals surface area contributed by atoms with Crippen LogP contribution in [0.15, 0.2) is 65.7 Å². The minimum Gasteiger partial charge on any atom is -0.452 e. The first-order valence-corrected chi connectivity index (χ1v) is 10.4. The molecule has 7 nitrogen and oxygen atoms in total. The molecule has 5 atom stereocenters. The Hall–Kier alpha value is -2.68. The Balaban J connectivity index is 1.62. The van der Waals surface area contributed by atoms with E-state index < -0.39 is 48.3 Å². The Bertz CT molecular complexity index is 935. The number of esters is 2. The molecule has 0 spiro atoms. The lowest BCUT2D eigenvalue weighted by molar-refractivity contribution is -0.168. The van der Waals surface area contributed by atoms with E-state index in [2.05, 4.69) is 4.99 Å². The molecule has 2 aliphatic rings. The summed E-state index contributed by atoms with van der Waals surface area (Å²) in [4.78, 5) is 30.0. The van der Waals surface area contributed by atoms with E-state index in [-0.39, 0.29) is 0 Å². The van der Waals surface area contributed by atoms with E-state index >= 15 is 0 Å². The zero-order chi connectivity index (χ0) is 21.1. The van der Waals surface area contributed by atoms with Gasteiger partial charge in [-0.05, 0) is 31.2 Å². The summed E-state index contributed by atoms with van der Waals surface area (Å²) in [6.07, 6.45) is -2.75. The number of hydrogen-bond acceptors (Lipinski definition) is 8. The van der Waals surface area contributed by atoms with Gasteiger partial charge in [0.15, 0.2) is 12.2 Å². The van der Waals surface area contributed by atoms with Crippen LogP contribution in [0.2, 0.25) is 0 Å². The summed E-state index contributed by atoms with van der Waals surface area (Å²) in [5.41, 5.74) is 0.299. The molecule has 0 saturated carbocycles. The summed E-state index contributed by atoms with van der Waals surface area (Å²) < 4.78 is 17.4. The number of benzene rings is 2. The van der Waals surface area contributed by atoms with Crippen molar-refractivity contribution in [3.05, 3.63) is 71.8 Å². The fourth-order valence-electron chi connectivity index (χ4n) is 3.49. The second kappa shape index (κ2) is 8.99. The first-order chi connectivity index (χ1) is 14.6. The number of aliphatic imine (C=N–C) groups is 1. The molecule has 4 rings (SSSR count). The predicted octanol–water partition coefficient (Wildman–Crippen LogP) is 2.69. The molecule has 1 saturated heterocycles. The molecule has 2 aliphatic heterocycles. The summed E-state index contributed by atoms with van der Waals surface area (Å²) in [6.45, 7) is 1.44. The van der Waals surface area contributed by atoms with Gasteiger partial charge < -0.3 is 19.3 Å². The minimum absolute atomic E-state index is 0.352. The zero-order valence-electron chi connectivity index (χ0n) is 16.2. The Morgan fingerprint density at radius 1 is 0.967 bits per heavy atom. The van der Waals surface area contributed by atoms with Crippen LogP contribution in [-0.2, 0) is 14.2 Å². The third-order valence-electron chi connectivity index (χ3n) is 4.92. The third kappa shape index (κ3) is 4.26. The van der Waals surface area contributed by atoms with Crippen LogP contribution in [-0.4, -0.2) is 58.5 Å². The van der Waals surface area contributed by atoms with Crippen LogP contribution in [0, 0.1) is 0 Å². The van der Waals surface area contributed by atoms with E-state index in [1.807, 2.05) is 6.92 Å². The topological polar surface area (TPSA) is 94.4 Å². The lowest BCUT2D eigenvalue weighted by Crippen LogP contribution is -2.59. The van der Waals surface area contributed by atoms with Gasteiger partial charge in [-0.2, -0.15) is 0 Å². The van der Waals surface area contributed by atoms with Gasteiger partial charge in [0, 0.05) is 0 Å². The molecule has 0 aliphatic carbocycles. The molecule has 156 valence electrons. The number of hydrogen-bond donors (Lipinski definition) is 1. The van der Waals surface area contributed by atoms with Crippen LogP contribution in [0.5, 0.6) is 0 Å². The maximum Gasteiger partial charge on any atom is 0.338 e. The molecule has 1 N–H and O–H groups in total. The fraction of sp³-hybridized carbons (Fsp3) is 0.318. The van der Waals surface area contributed by atoms with Gasteiger partial charge in [-0.1, -0.05) is 48.2 Å². The van der Waals surface area contributed by atoms with Crippen LogP contribution in [0.1, 0.15) is 27.6 Å². The number of rotatable bonds is 5. The number of aliphatic hydroxyl groups excluding tert-OH is 1. The van der Waals surface area contributed by atoms with Gasteiger partial charge >= 0.3 is 11.9 Å². The standard InChI is InChI=1S/C22H21NO6S/c1-13-23-17-19(29-21(26)15-10-6-3-7-11-15)18(16(12-24)27-22(17)30-13)28-20(25)14-8-4-2-5-9-14/h2-11,16-19,22,24H,12H2,1H3/t16-,17-,18-,19?,22-/m1/s1. The van der Waals surface area contributed by atoms with Gasteiger partial charge in [0.2, 0.25) is 0 Å². The Morgan fingerprint density at radius 2 is 1.50 bits per heavy atom. The zero-order valence-corrected chi connectivity index (χ0v) is 17.0. The van der Waals surface area contributed by atoms with Crippen LogP contribution in [0.4, 0.5) is 0 Å². The molecule has 1 fully saturated rings. The summed E-state index contributed by atoms with van der Waals surface area (Å²) in [6, 6.07) is 16.5. The van der Waals surface area contributed by atoms with Crippen LogP contribution >= 0.6 is 11.8 Å². The van der Waals surface area contributed by atoms with Gasteiger partial charge in [0.1, 0.15) is 17.6 Å². The molecule has 0 amide bonds. The van der Waals surface area contributed by atoms with Crippen LogP contribution in [0.3, 0.4) is 0 Å². The molecule has 1 unspecified atom stereocenters. The van der Waals surface area contributed by atoms with E-state index in [1.54, 1.807) is 60.7 Å². The average molecular weight is 427 g/mol. The molecular formula is C22H21NO6S. The monoisotopic (exact) mass is 427 g/mol. The largest absolute Gasteiger partial charge is 0.452 e. The molecule has 2 heterocycles. The second-order valence-electron chi connectivity index (χ2n) is 6.95. The SMILES string of the molecule is CC1=N[C@@H]2C(OC(=O)c3ccccc3)[C@H](OC(=O)c3ccccc3)[C@@H](CO)O[C@@H]2S1. The Labute approximate surface area is 178 Å². The summed E-state index contributed by atoms with van der Waals surface area (Å²) in [7, 11) is 0. The average Bonchev–Trinajstić information content (AvgIpc) is 3.16. The lowest BCUT2D eigenvalue weighted by Gasteiger charge is -2.41. The Morgan fingerprint density at radius 3 is 2.03 bits per heavy atom. The van der Waals surface area contributed by atoms with E-state index in [9.17, 15) is 14.7 Å². The van der Waals surface area contributed by atoms with E-state index in [1.165, 1.54) is 11.8 Å². The molecule has 2 aromatic rings. The lowest BCUT2D eigenvalue weighted by atomic mass is 9.97. The van der Waals surface area contributed by atoms with Crippen molar-refractivity contribution in [1.82, 2.24) is 0 Å². The van der Waals surface area contributed by atoms with Crippen molar-refractivity contribution >= 4 is 28.7 Å². The van der Waals surface area contributed by atoms with E-state index in [0.29, 0.717) is 11.1 Å². The van der Waals surface area contributed by atoms with Crippen LogP contribution in [0.25, 0.3) is 0 Å². The molecular weight excluding hydrogens is 406 g/mol. The number of aliphatic hydroxyl groups is 1. The number of fused-ring (bicyclic) bond motifs is 1. The third-order valence-corrected chi connectivity index (χ3v) is 5.99. The fourth-order valence-corrected chi connectivity index (χ4v) is 4.56. The highest BCUT2D eigenvalue weighted by atomic mass is 32.2. The van der Waals surface area contributed by atoms with Gasteiger partial charge in [0.05, 0.1) is 22.8 Å². The number of thioether (sulfide) groups is 1. The quantitative estimate of drug-likeness (QED) is 0.733. The summed E-state index contributed by atoms with van der Waals surface area (Å²) in [5, 5.41) is 10.7. The number of ether oxygens (including phenoxy) is 3. The highest BCUT2D eigenvalue weighted by Crippen LogP contribution is 2.39. The number of carbonyl (C=O) groups excluding carboxylic acids is 2. The first kappa shape index (κ1) is 20.6. The van der Waals surface area contributed by atoms with Crippen molar-refractivity contribution in [2.45, 2.75) is 36.7 Å². The van der Waals surface area contributed by atoms with Gasteiger partial charge in [0.25, 0.3) is 0 Å². The van der Waals surface area contributed by atoms with Gasteiger partial charge in [-0.25, -0.2) is 9.59 Å². The van der Waals surface area contributed by atoms with Crippen molar-refractivity contribution in [3.8, 4) is 0 Å². The molecule has 0 radical (unpaired) electrons. The number of carbonyl (C=O) groups is 2. The highest BCUT2D eigenvalue weighted by molar-refractivity contribution is 8.14. The first-order valence-electron chi connectivity index (χ1n) is 9.56. The van der Waals surface area contributed by atoms with Gasteiger partial charge in [-0.3, -0.25) is 4.99 Å². The molecule has 2 aromatic carbocycles. The highest BCUT2D eigenvalue weighted by Gasteiger charge is 2.52. The van der Waals surface area contributed by atoms with Crippen molar-refractivity contribution in [3.63, 3.8) is 0 Å². The van der Waals surface area contributed by atoms with Crippen molar-refractivity contribution in [2.75, 3.05) is 6.61 Å². The maximum atomic E-state index is 12.8. The van der Waals surface area contributed by atoms with Crippen molar-refractivity contribution in [1.29, 1.82) is 0 Å². The molecule has 8 heteroatoms. The predicted molar refractivity (Wildman–Crippen MR) is 112 cm³/mol. The smallest absolute Gasteiger partial charge is 0.338 e. The van der Waals surface area contributed by atoms with Crippen molar-refractivity contribution < 1.29 is 28.9 Å². The van der Waals surface area contributed by atoms with Gasteiger partial charge in [-0.15, -0.1) is 0 Å². The molecule has 0 bridgehead atoms. The minimum atomic E-state index is -1.01. The second-order valence-corrected chi connectivity index (χ2v) is 8.25.